The first-order valence-electron chi connectivity index (χ1n) is 11.8. The number of carbonyl (C=O) groups is 2. The number of esters is 1. The smallest absolute Gasteiger partial charge is 0.460 e. The number of non-ortho nitro benzene ring substituents is 1. The molecule has 1 amide bonds. The first kappa shape index (κ1) is 39.3. The van der Waals surface area contributed by atoms with Crippen LogP contribution in [0.5, 0.6) is 0 Å². The zero-order chi connectivity index (χ0) is 34.1. The second-order valence-corrected chi connectivity index (χ2v) is 12.4. The number of piperazine rings is 1. The van der Waals surface area contributed by atoms with Crippen molar-refractivity contribution in [3.63, 3.8) is 0 Å². The van der Waals surface area contributed by atoms with Crippen LogP contribution in [0.4, 0.5) is 32.0 Å². The van der Waals surface area contributed by atoms with Crippen LogP contribution in [0.25, 0.3) is 0 Å². The highest BCUT2D eigenvalue weighted by Gasteiger charge is 2.45. The quantitative estimate of drug-likeness (QED) is 0.0624. The number of nitrogens with zero attached hydrogens (tertiary/aromatic N) is 3. The second kappa shape index (κ2) is 16.0. The SMILES string of the molecule is O=C(CN1CCN(C(=O)[C@@H]2C[C@H](S)CN2)CC1)OCc1ccc([N+](=O)[O-])cc1.O=S(=O)(O)C(F)(F)F.O=S(=O)(O)C(F)(F)F. The van der Waals surface area contributed by atoms with Crippen molar-refractivity contribution < 1.29 is 71.5 Å². The Morgan fingerprint density at radius 3 is 1.80 bits per heavy atom. The Kier molecular flexibility index (Phi) is 14.3. The van der Waals surface area contributed by atoms with Gasteiger partial charge < -0.3 is 15.0 Å². The fraction of sp³-hybridized carbons (Fsp3) is 0.600. The zero-order valence-electron chi connectivity index (χ0n) is 22.1. The Labute approximate surface area is 251 Å². The van der Waals surface area contributed by atoms with Crippen LogP contribution >= 0.6 is 12.6 Å². The van der Waals surface area contributed by atoms with E-state index < -0.39 is 36.2 Å². The zero-order valence-corrected chi connectivity index (χ0v) is 24.6. The van der Waals surface area contributed by atoms with Gasteiger partial charge in [-0.15, -0.1) is 0 Å². The van der Waals surface area contributed by atoms with Crippen LogP contribution in [0.2, 0.25) is 0 Å². The number of nitrogens with one attached hydrogen (secondary N) is 1. The number of carbonyl (C=O) groups excluding carboxylic acids is 2. The fourth-order valence-electron chi connectivity index (χ4n) is 3.36. The van der Waals surface area contributed by atoms with E-state index in [4.69, 9.17) is 30.7 Å². The van der Waals surface area contributed by atoms with Crippen LogP contribution in [0.1, 0.15) is 12.0 Å². The van der Waals surface area contributed by atoms with Gasteiger partial charge in [-0.05, 0) is 24.1 Å². The summed E-state index contributed by atoms with van der Waals surface area (Å²) >= 11 is 4.40. The van der Waals surface area contributed by atoms with Crippen molar-refractivity contribution in [2.75, 3.05) is 39.3 Å². The van der Waals surface area contributed by atoms with Crippen molar-refractivity contribution in [3.05, 3.63) is 39.9 Å². The van der Waals surface area contributed by atoms with Crippen LogP contribution in [0, 0.1) is 10.1 Å². The molecule has 0 aromatic heterocycles. The molecule has 24 heteroatoms. The molecule has 3 rings (SSSR count). The first-order valence-corrected chi connectivity index (χ1v) is 15.2. The molecule has 15 nitrogen and oxygen atoms in total. The molecular formula is C20H26F6N4O11S3. The lowest BCUT2D eigenvalue weighted by Crippen LogP contribution is -2.53. The molecule has 0 radical (unpaired) electrons. The molecule has 3 N–H and O–H groups in total. The molecular weight excluding hydrogens is 682 g/mol. The average Bonchev–Trinajstić information content (AvgIpc) is 3.32. The normalized spacial score (nSPS) is 19.6. The summed E-state index contributed by atoms with van der Waals surface area (Å²) < 4.78 is 120. The van der Waals surface area contributed by atoms with Crippen LogP contribution in [0.3, 0.4) is 0 Å². The van der Waals surface area contributed by atoms with Crippen molar-refractivity contribution >= 4 is 50.4 Å². The molecule has 1 aromatic carbocycles. The number of benzene rings is 1. The van der Waals surface area contributed by atoms with Gasteiger partial charge in [-0.3, -0.25) is 33.7 Å². The van der Waals surface area contributed by atoms with Gasteiger partial charge in [0.2, 0.25) is 5.91 Å². The molecule has 0 aliphatic carbocycles. The maximum absolute atomic E-state index is 12.5. The summed E-state index contributed by atoms with van der Waals surface area (Å²) in [6.45, 7) is 3.40. The third-order valence-corrected chi connectivity index (χ3v) is 7.14. The summed E-state index contributed by atoms with van der Waals surface area (Å²) in [6.07, 6.45) is 0.747. The van der Waals surface area contributed by atoms with Gasteiger partial charge in [0, 0.05) is 50.1 Å². The average molecular weight is 709 g/mol. The Morgan fingerprint density at radius 2 is 1.43 bits per heavy atom. The molecule has 2 saturated heterocycles. The Bertz CT molecular complexity index is 1310. The summed E-state index contributed by atoms with van der Waals surface area (Å²) in [5, 5.41) is 14.1. The van der Waals surface area contributed by atoms with E-state index in [0.717, 1.165) is 13.0 Å². The van der Waals surface area contributed by atoms with Crippen LogP contribution < -0.4 is 5.32 Å². The molecule has 0 saturated carbocycles. The first-order chi connectivity index (χ1) is 19.9. The summed E-state index contributed by atoms with van der Waals surface area (Å²) in [7, 11) is -11.7. The molecule has 2 atom stereocenters. The number of halogens is 6. The van der Waals surface area contributed by atoms with Crippen molar-refractivity contribution in [3.8, 4) is 0 Å². The van der Waals surface area contributed by atoms with Crippen molar-refractivity contribution in [1.29, 1.82) is 0 Å². The van der Waals surface area contributed by atoms with Gasteiger partial charge in [-0.1, -0.05) is 0 Å². The number of nitro benzene ring substituents is 1. The van der Waals surface area contributed by atoms with E-state index in [1.54, 1.807) is 12.1 Å². The highest BCUT2D eigenvalue weighted by atomic mass is 32.2. The lowest BCUT2D eigenvalue weighted by Gasteiger charge is -2.35. The summed E-state index contributed by atoms with van der Waals surface area (Å²) in [4.78, 5) is 38.5. The van der Waals surface area contributed by atoms with Gasteiger partial charge in [0.15, 0.2) is 0 Å². The van der Waals surface area contributed by atoms with Gasteiger partial charge in [0.05, 0.1) is 17.5 Å². The molecule has 0 spiro atoms. The van der Waals surface area contributed by atoms with Crippen LogP contribution in [-0.4, -0.2) is 114 Å². The number of hydrogen-bond donors (Lipinski definition) is 4. The second-order valence-electron chi connectivity index (χ2n) is 8.88. The van der Waals surface area contributed by atoms with Crippen molar-refractivity contribution in [1.82, 2.24) is 15.1 Å². The molecule has 2 fully saturated rings. The van der Waals surface area contributed by atoms with Gasteiger partial charge in [0.25, 0.3) is 5.69 Å². The summed E-state index contributed by atoms with van der Waals surface area (Å²) in [5.74, 6) is -0.245. The number of hydrogen-bond acceptors (Lipinski definition) is 12. The largest absolute Gasteiger partial charge is 0.522 e. The molecule has 1 aromatic rings. The minimum absolute atomic E-state index is 0.000175. The maximum Gasteiger partial charge on any atom is 0.522 e. The third kappa shape index (κ3) is 13.5. The molecule has 2 aliphatic heterocycles. The van der Waals surface area contributed by atoms with Crippen LogP contribution in [-0.2, 0) is 41.2 Å². The van der Waals surface area contributed by atoms with Gasteiger partial charge in [0.1, 0.15) is 6.61 Å². The van der Waals surface area contributed by atoms with Crippen molar-refractivity contribution in [2.24, 2.45) is 0 Å². The number of alkyl halides is 6. The monoisotopic (exact) mass is 708 g/mol. The standard InChI is InChI=1S/C18H24N4O5S.2CHF3O3S/c23-17(27-12-13-1-3-14(4-2-13)22(25)26)11-20-5-7-21(8-6-20)18(24)16-9-15(28)10-19-16;2*2-1(3,4)8(5,6)7/h1-4,15-16,19,28H,5-12H2;2*(H,5,6,7)/t15-,16-;;/m0../s1. The van der Waals surface area contributed by atoms with E-state index in [-0.39, 0.29) is 42.0 Å². The number of nitro groups is 1. The minimum Gasteiger partial charge on any atom is -0.460 e. The van der Waals surface area contributed by atoms with E-state index in [1.165, 1.54) is 12.1 Å². The number of amides is 1. The maximum atomic E-state index is 12.5. The molecule has 2 heterocycles. The molecule has 0 unspecified atom stereocenters. The van der Waals surface area contributed by atoms with Gasteiger partial charge in [-0.2, -0.15) is 55.8 Å². The van der Waals surface area contributed by atoms with Gasteiger partial charge in [-0.25, -0.2) is 0 Å². The van der Waals surface area contributed by atoms with E-state index in [2.05, 4.69) is 17.9 Å². The number of rotatable bonds is 6. The lowest BCUT2D eigenvalue weighted by molar-refractivity contribution is -0.384. The highest BCUT2D eigenvalue weighted by molar-refractivity contribution is 7.86. The molecule has 0 bridgehead atoms. The topological polar surface area (TPSA) is 214 Å². The Hall–Kier alpha value is -2.77. The highest BCUT2D eigenvalue weighted by Crippen LogP contribution is 2.21. The van der Waals surface area contributed by atoms with E-state index in [9.17, 15) is 46.0 Å². The predicted molar refractivity (Wildman–Crippen MR) is 140 cm³/mol. The summed E-state index contributed by atoms with van der Waals surface area (Å²) in [5.41, 5.74) is -10.4. The van der Waals surface area contributed by atoms with Crippen molar-refractivity contribution in [2.45, 2.75) is 35.3 Å². The Morgan fingerprint density at radius 1 is 0.977 bits per heavy atom. The molecule has 44 heavy (non-hydrogen) atoms. The number of ether oxygens (including phenoxy) is 1. The van der Waals surface area contributed by atoms with Crippen LogP contribution in [0.15, 0.2) is 24.3 Å². The Balaban J connectivity index is 0.000000498. The summed E-state index contributed by atoms with van der Waals surface area (Å²) in [6, 6.07) is 5.76. The lowest BCUT2D eigenvalue weighted by atomic mass is 10.2. The minimum atomic E-state index is -5.84. The fourth-order valence-corrected chi connectivity index (χ4v) is 3.67. The molecule has 2 aliphatic rings. The van der Waals surface area contributed by atoms with E-state index in [1.807, 2.05) is 9.80 Å². The number of thiol groups is 1. The van der Waals surface area contributed by atoms with E-state index in [0.29, 0.717) is 31.7 Å². The van der Waals surface area contributed by atoms with E-state index >= 15 is 0 Å². The van der Waals surface area contributed by atoms with Gasteiger partial charge >= 0.3 is 37.2 Å². The molecule has 252 valence electrons. The predicted octanol–water partition coefficient (Wildman–Crippen LogP) is 1.23. The third-order valence-electron chi connectivity index (χ3n) is 5.57.